The van der Waals surface area contributed by atoms with Gasteiger partial charge in [0.25, 0.3) is 0 Å². The summed E-state index contributed by atoms with van der Waals surface area (Å²) in [4.78, 5) is 0. The molecule has 0 radical (unpaired) electrons. The van der Waals surface area contributed by atoms with Crippen molar-refractivity contribution in [2.75, 3.05) is 33.4 Å². The molecular weight excluding hydrogens is 318 g/mol. The van der Waals surface area contributed by atoms with Gasteiger partial charge in [0, 0.05) is 13.5 Å². The van der Waals surface area contributed by atoms with E-state index in [1.54, 1.807) is 7.11 Å². The summed E-state index contributed by atoms with van der Waals surface area (Å²) in [5.41, 5.74) is 1.12. The first kappa shape index (κ1) is 15.8. The molecular formula is C13H20BrClNO2+. The molecule has 0 aromatic heterocycles. The van der Waals surface area contributed by atoms with E-state index in [4.69, 9.17) is 21.1 Å². The molecule has 18 heavy (non-hydrogen) atoms. The molecule has 0 heterocycles. The highest BCUT2D eigenvalue weighted by molar-refractivity contribution is 9.10. The number of aryl methyl sites for hydroxylation is 1. The van der Waals surface area contributed by atoms with Gasteiger partial charge in [0.15, 0.2) is 5.75 Å². The Bertz CT molecular complexity index is 351. The number of hydrogen-bond acceptors (Lipinski definition) is 2. The monoisotopic (exact) mass is 336 g/mol. The van der Waals surface area contributed by atoms with Crippen LogP contribution in [-0.4, -0.2) is 33.4 Å². The molecule has 0 unspecified atom stereocenters. The van der Waals surface area contributed by atoms with E-state index >= 15 is 0 Å². The van der Waals surface area contributed by atoms with Crippen LogP contribution in [0.4, 0.5) is 0 Å². The van der Waals surface area contributed by atoms with Gasteiger partial charge < -0.3 is 14.8 Å². The first-order valence-electron chi connectivity index (χ1n) is 6.04. The summed E-state index contributed by atoms with van der Waals surface area (Å²) in [6.45, 7) is 5.49. The predicted molar refractivity (Wildman–Crippen MR) is 77.5 cm³/mol. The number of rotatable bonds is 8. The smallest absolute Gasteiger partial charge is 0.152 e. The van der Waals surface area contributed by atoms with Crippen LogP contribution in [-0.2, 0) is 4.74 Å². The van der Waals surface area contributed by atoms with Crippen LogP contribution < -0.4 is 10.1 Å². The van der Waals surface area contributed by atoms with Gasteiger partial charge in [-0.25, -0.2) is 0 Å². The summed E-state index contributed by atoms with van der Waals surface area (Å²) in [5.74, 6) is 0.735. The molecule has 0 spiro atoms. The van der Waals surface area contributed by atoms with E-state index in [0.717, 1.165) is 41.9 Å². The Kier molecular flexibility index (Phi) is 7.66. The fraction of sp³-hybridized carbons (Fsp3) is 0.538. The summed E-state index contributed by atoms with van der Waals surface area (Å²) in [6.07, 6.45) is 0.986. The fourth-order valence-corrected chi connectivity index (χ4v) is 2.70. The van der Waals surface area contributed by atoms with E-state index in [1.165, 1.54) is 0 Å². The van der Waals surface area contributed by atoms with Crippen molar-refractivity contribution in [3.8, 4) is 5.75 Å². The van der Waals surface area contributed by atoms with Crippen molar-refractivity contribution in [2.24, 2.45) is 0 Å². The minimum atomic E-state index is 0.658. The van der Waals surface area contributed by atoms with Crippen LogP contribution in [0.3, 0.4) is 0 Å². The number of nitrogens with two attached hydrogens (primary N) is 1. The van der Waals surface area contributed by atoms with Gasteiger partial charge in [-0.1, -0.05) is 11.6 Å². The van der Waals surface area contributed by atoms with E-state index in [2.05, 4.69) is 21.2 Å². The Morgan fingerprint density at radius 3 is 2.72 bits per heavy atom. The van der Waals surface area contributed by atoms with Gasteiger partial charge in [-0.2, -0.15) is 0 Å². The van der Waals surface area contributed by atoms with Crippen LogP contribution in [0.15, 0.2) is 16.6 Å². The summed E-state index contributed by atoms with van der Waals surface area (Å²) in [6, 6.07) is 3.91. The Morgan fingerprint density at radius 2 is 2.06 bits per heavy atom. The molecule has 3 nitrogen and oxygen atoms in total. The lowest BCUT2D eigenvalue weighted by atomic mass is 10.2. The number of ether oxygens (including phenoxy) is 2. The Balaban J connectivity index is 2.27. The Hall–Kier alpha value is -0.290. The number of methoxy groups -OCH3 is 1. The summed E-state index contributed by atoms with van der Waals surface area (Å²) < 4.78 is 11.6. The first-order valence-corrected chi connectivity index (χ1v) is 7.21. The molecule has 5 heteroatoms. The lowest BCUT2D eigenvalue weighted by Crippen LogP contribution is -2.85. The van der Waals surface area contributed by atoms with Gasteiger partial charge in [0.1, 0.15) is 0 Å². The molecule has 1 aromatic carbocycles. The topological polar surface area (TPSA) is 35.1 Å². The second-order valence-corrected chi connectivity index (χ2v) is 5.38. The molecule has 0 amide bonds. The van der Waals surface area contributed by atoms with Gasteiger partial charge in [0.2, 0.25) is 0 Å². The van der Waals surface area contributed by atoms with Crippen molar-refractivity contribution in [2.45, 2.75) is 13.3 Å². The van der Waals surface area contributed by atoms with Gasteiger partial charge in [-0.3, -0.25) is 0 Å². The average Bonchev–Trinajstić information content (AvgIpc) is 2.30. The van der Waals surface area contributed by atoms with Crippen molar-refractivity contribution in [1.29, 1.82) is 0 Å². The predicted octanol–water partition coefficient (Wildman–Crippen LogP) is 2.39. The number of benzene rings is 1. The third-order valence-corrected chi connectivity index (χ3v) is 3.34. The first-order chi connectivity index (χ1) is 8.65. The Labute approximate surface area is 122 Å². The third-order valence-electron chi connectivity index (χ3n) is 2.47. The lowest BCUT2D eigenvalue weighted by molar-refractivity contribution is -0.656. The maximum atomic E-state index is 6.14. The molecule has 0 fully saturated rings. The van der Waals surface area contributed by atoms with E-state index in [0.29, 0.717) is 11.6 Å². The van der Waals surface area contributed by atoms with Crippen LogP contribution in [0.5, 0.6) is 5.75 Å². The molecule has 0 saturated carbocycles. The lowest BCUT2D eigenvalue weighted by Gasteiger charge is -2.10. The van der Waals surface area contributed by atoms with Crippen molar-refractivity contribution >= 4 is 27.5 Å². The van der Waals surface area contributed by atoms with Gasteiger partial charge >= 0.3 is 0 Å². The molecule has 0 saturated heterocycles. The van der Waals surface area contributed by atoms with Crippen LogP contribution in [0, 0.1) is 6.92 Å². The molecule has 1 aromatic rings. The number of quaternary nitrogens is 1. The molecule has 0 bridgehead atoms. The van der Waals surface area contributed by atoms with E-state index in [-0.39, 0.29) is 0 Å². The second-order valence-electron chi connectivity index (χ2n) is 4.12. The Morgan fingerprint density at radius 1 is 1.28 bits per heavy atom. The molecule has 102 valence electrons. The highest BCUT2D eigenvalue weighted by Gasteiger charge is 2.07. The summed E-state index contributed by atoms with van der Waals surface area (Å²) in [5, 5.41) is 2.88. The van der Waals surface area contributed by atoms with Crippen LogP contribution in [0.1, 0.15) is 12.0 Å². The van der Waals surface area contributed by atoms with Crippen LogP contribution in [0.25, 0.3) is 0 Å². The minimum absolute atomic E-state index is 0.658. The molecule has 0 aliphatic rings. The fourth-order valence-electron chi connectivity index (χ4n) is 1.57. The highest BCUT2D eigenvalue weighted by Crippen LogP contribution is 2.34. The molecule has 0 aliphatic heterocycles. The second kappa shape index (κ2) is 8.75. The zero-order valence-electron chi connectivity index (χ0n) is 10.8. The maximum absolute atomic E-state index is 6.14. The minimum Gasteiger partial charge on any atom is -0.491 e. The highest BCUT2D eigenvalue weighted by atomic mass is 79.9. The van der Waals surface area contributed by atoms with Gasteiger partial charge in [0.05, 0.1) is 35.8 Å². The standard InChI is InChI=1S/C13H19BrClNO2/c1-10-8-11(14)13(12(15)9-10)18-6-3-4-16-5-7-17-2/h8-9,16H,3-7H2,1-2H3/p+1. The normalized spacial score (nSPS) is 10.7. The molecule has 0 atom stereocenters. The average molecular weight is 338 g/mol. The van der Waals surface area contributed by atoms with E-state index < -0.39 is 0 Å². The number of hydrogen-bond donors (Lipinski definition) is 1. The molecule has 2 N–H and O–H groups in total. The number of halogens is 2. The third kappa shape index (κ3) is 5.57. The SMILES string of the molecule is COCC[NH2+]CCCOc1c(Cl)cc(C)cc1Br. The summed E-state index contributed by atoms with van der Waals surface area (Å²) >= 11 is 9.60. The summed E-state index contributed by atoms with van der Waals surface area (Å²) in [7, 11) is 1.72. The zero-order chi connectivity index (χ0) is 13.4. The van der Waals surface area contributed by atoms with Gasteiger partial charge in [-0.05, 0) is 40.5 Å². The largest absolute Gasteiger partial charge is 0.491 e. The van der Waals surface area contributed by atoms with Crippen molar-refractivity contribution in [1.82, 2.24) is 0 Å². The quantitative estimate of drug-likeness (QED) is 0.739. The molecule has 0 aliphatic carbocycles. The van der Waals surface area contributed by atoms with E-state index in [9.17, 15) is 0 Å². The maximum Gasteiger partial charge on any atom is 0.152 e. The zero-order valence-corrected chi connectivity index (χ0v) is 13.2. The van der Waals surface area contributed by atoms with Crippen molar-refractivity contribution < 1.29 is 14.8 Å². The van der Waals surface area contributed by atoms with Crippen LogP contribution in [0.2, 0.25) is 5.02 Å². The van der Waals surface area contributed by atoms with Crippen molar-refractivity contribution in [3.63, 3.8) is 0 Å². The molecule has 1 rings (SSSR count). The van der Waals surface area contributed by atoms with Crippen LogP contribution >= 0.6 is 27.5 Å². The van der Waals surface area contributed by atoms with Gasteiger partial charge in [-0.15, -0.1) is 0 Å². The van der Waals surface area contributed by atoms with Crippen molar-refractivity contribution in [3.05, 3.63) is 27.2 Å². The van der Waals surface area contributed by atoms with E-state index in [1.807, 2.05) is 19.1 Å².